The van der Waals surface area contributed by atoms with Crippen molar-refractivity contribution >= 4 is 17.5 Å². The van der Waals surface area contributed by atoms with E-state index in [-0.39, 0.29) is 5.91 Å². The van der Waals surface area contributed by atoms with Crippen LogP contribution < -0.4 is 0 Å². The van der Waals surface area contributed by atoms with Crippen molar-refractivity contribution in [3.05, 3.63) is 34.9 Å². The lowest BCUT2D eigenvalue weighted by molar-refractivity contribution is -0.129. The molecule has 0 spiro atoms. The van der Waals surface area contributed by atoms with Gasteiger partial charge in [0.05, 0.1) is 6.42 Å². The van der Waals surface area contributed by atoms with E-state index in [0.29, 0.717) is 11.4 Å². The highest BCUT2D eigenvalue weighted by Crippen LogP contribution is 2.17. The molecule has 1 aliphatic rings. The Bertz CT molecular complexity index is 358. The number of hydrogen-bond donors (Lipinski definition) is 0. The summed E-state index contributed by atoms with van der Waals surface area (Å²) in [5, 5.41) is 0.685. The van der Waals surface area contributed by atoms with Crippen molar-refractivity contribution in [2.75, 3.05) is 13.1 Å². The number of rotatable bonds is 2. The summed E-state index contributed by atoms with van der Waals surface area (Å²) in [5.41, 5.74) is 0.927. The van der Waals surface area contributed by atoms with E-state index >= 15 is 0 Å². The van der Waals surface area contributed by atoms with Gasteiger partial charge in [-0.2, -0.15) is 0 Å². The summed E-state index contributed by atoms with van der Waals surface area (Å²) in [6.07, 6.45) is 2.70. The van der Waals surface area contributed by atoms with Gasteiger partial charge in [-0.1, -0.05) is 29.8 Å². The lowest BCUT2D eigenvalue weighted by Gasteiger charge is -2.15. The van der Waals surface area contributed by atoms with Crippen molar-refractivity contribution in [3.8, 4) is 0 Å². The quantitative estimate of drug-likeness (QED) is 0.755. The predicted octanol–water partition coefficient (Wildman–Crippen LogP) is 2.50. The largest absolute Gasteiger partial charge is 0.342 e. The Kier molecular flexibility index (Phi) is 3.27. The lowest BCUT2D eigenvalue weighted by Crippen LogP contribution is -2.29. The molecule has 2 nitrogen and oxygen atoms in total. The SMILES string of the molecule is O=C(Cc1ccccc1Cl)N1CCCC1. The van der Waals surface area contributed by atoms with E-state index in [0.717, 1.165) is 31.5 Å². The van der Waals surface area contributed by atoms with Crippen LogP contribution in [-0.2, 0) is 11.2 Å². The number of benzene rings is 1. The van der Waals surface area contributed by atoms with Crippen LogP contribution >= 0.6 is 11.6 Å². The first-order valence-electron chi connectivity index (χ1n) is 5.28. The van der Waals surface area contributed by atoms with E-state index in [4.69, 9.17) is 11.6 Å². The number of halogens is 1. The van der Waals surface area contributed by atoms with Crippen molar-refractivity contribution in [1.82, 2.24) is 4.90 Å². The molecule has 0 N–H and O–H groups in total. The average Bonchev–Trinajstić information content (AvgIpc) is 2.74. The van der Waals surface area contributed by atoms with Crippen molar-refractivity contribution in [3.63, 3.8) is 0 Å². The molecule has 0 saturated carbocycles. The maximum Gasteiger partial charge on any atom is 0.227 e. The van der Waals surface area contributed by atoms with Crippen molar-refractivity contribution in [1.29, 1.82) is 0 Å². The van der Waals surface area contributed by atoms with Crippen LogP contribution in [0.3, 0.4) is 0 Å². The zero-order chi connectivity index (χ0) is 10.7. The summed E-state index contributed by atoms with van der Waals surface area (Å²) in [5.74, 6) is 0.195. The maximum atomic E-state index is 11.8. The Balaban J connectivity index is 2.02. The molecule has 1 aromatic carbocycles. The van der Waals surface area contributed by atoms with Crippen LogP contribution in [0.4, 0.5) is 0 Å². The molecule has 1 heterocycles. The van der Waals surface area contributed by atoms with E-state index in [9.17, 15) is 4.79 Å². The highest BCUT2D eigenvalue weighted by molar-refractivity contribution is 6.31. The second kappa shape index (κ2) is 4.67. The minimum Gasteiger partial charge on any atom is -0.342 e. The summed E-state index contributed by atoms with van der Waals surface area (Å²) in [6.45, 7) is 1.81. The Labute approximate surface area is 94.8 Å². The number of amides is 1. The van der Waals surface area contributed by atoms with Crippen molar-refractivity contribution in [2.45, 2.75) is 19.3 Å². The number of likely N-dealkylation sites (tertiary alicyclic amines) is 1. The highest BCUT2D eigenvalue weighted by atomic mass is 35.5. The molecule has 80 valence electrons. The second-order valence-corrected chi connectivity index (χ2v) is 4.26. The van der Waals surface area contributed by atoms with Gasteiger partial charge in [0.15, 0.2) is 0 Å². The highest BCUT2D eigenvalue weighted by Gasteiger charge is 2.18. The van der Waals surface area contributed by atoms with Gasteiger partial charge in [0.25, 0.3) is 0 Å². The molecule has 1 amide bonds. The third kappa shape index (κ3) is 2.51. The molecule has 0 radical (unpaired) electrons. The van der Waals surface area contributed by atoms with Crippen LogP contribution in [0.5, 0.6) is 0 Å². The number of carbonyl (C=O) groups excluding carboxylic acids is 1. The fourth-order valence-electron chi connectivity index (χ4n) is 1.88. The average molecular weight is 224 g/mol. The Morgan fingerprint density at radius 1 is 1.27 bits per heavy atom. The van der Waals surface area contributed by atoms with Crippen LogP contribution in [0.2, 0.25) is 5.02 Å². The second-order valence-electron chi connectivity index (χ2n) is 3.86. The zero-order valence-electron chi connectivity index (χ0n) is 8.58. The summed E-state index contributed by atoms with van der Waals surface area (Å²) < 4.78 is 0. The smallest absolute Gasteiger partial charge is 0.227 e. The van der Waals surface area contributed by atoms with Gasteiger partial charge in [-0.15, -0.1) is 0 Å². The molecule has 1 saturated heterocycles. The standard InChI is InChI=1S/C12H14ClNO/c13-11-6-2-1-5-10(11)9-12(15)14-7-3-4-8-14/h1-2,5-6H,3-4,7-9H2. The number of nitrogens with zero attached hydrogens (tertiary/aromatic N) is 1. The fraction of sp³-hybridized carbons (Fsp3) is 0.417. The van der Waals surface area contributed by atoms with Gasteiger partial charge in [0.1, 0.15) is 0 Å². The number of hydrogen-bond acceptors (Lipinski definition) is 1. The molecule has 1 fully saturated rings. The molecule has 0 aromatic heterocycles. The molecule has 1 aromatic rings. The maximum absolute atomic E-state index is 11.8. The first-order valence-corrected chi connectivity index (χ1v) is 5.66. The van der Waals surface area contributed by atoms with Gasteiger partial charge in [-0.05, 0) is 24.5 Å². The minimum absolute atomic E-state index is 0.195. The van der Waals surface area contributed by atoms with E-state index in [1.165, 1.54) is 0 Å². The monoisotopic (exact) mass is 223 g/mol. The molecule has 0 atom stereocenters. The zero-order valence-corrected chi connectivity index (χ0v) is 9.33. The summed E-state index contributed by atoms with van der Waals surface area (Å²) in [6, 6.07) is 7.54. The molecule has 3 heteroatoms. The predicted molar refractivity (Wildman–Crippen MR) is 61.0 cm³/mol. The lowest BCUT2D eigenvalue weighted by atomic mass is 10.1. The molecular formula is C12H14ClNO. The van der Waals surface area contributed by atoms with E-state index in [1.807, 2.05) is 29.2 Å². The normalized spacial score (nSPS) is 15.7. The van der Waals surface area contributed by atoms with Crippen LogP contribution in [0, 0.1) is 0 Å². The van der Waals surface area contributed by atoms with Crippen LogP contribution in [0.15, 0.2) is 24.3 Å². The van der Waals surface area contributed by atoms with Crippen LogP contribution in [0.1, 0.15) is 18.4 Å². The molecule has 0 aliphatic carbocycles. The van der Waals surface area contributed by atoms with Gasteiger partial charge < -0.3 is 4.90 Å². The Morgan fingerprint density at radius 3 is 2.60 bits per heavy atom. The first-order chi connectivity index (χ1) is 7.27. The Morgan fingerprint density at radius 2 is 1.93 bits per heavy atom. The summed E-state index contributed by atoms with van der Waals surface area (Å²) >= 11 is 6.00. The molecule has 1 aliphatic heterocycles. The van der Waals surface area contributed by atoms with Crippen LogP contribution in [0.25, 0.3) is 0 Å². The van der Waals surface area contributed by atoms with Gasteiger partial charge in [-0.3, -0.25) is 4.79 Å². The molecule has 15 heavy (non-hydrogen) atoms. The molecular weight excluding hydrogens is 210 g/mol. The molecule has 0 unspecified atom stereocenters. The first kappa shape index (κ1) is 10.5. The van der Waals surface area contributed by atoms with E-state index in [2.05, 4.69) is 0 Å². The minimum atomic E-state index is 0.195. The van der Waals surface area contributed by atoms with Crippen molar-refractivity contribution in [2.24, 2.45) is 0 Å². The van der Waals surface area contributed by atoms with E-state index in [1.54, 1.807) is 0 Å². The Hall–Kier alpha value is -1.02. The van der Waals surface area contributed by atoms with Crippen LogP contribution in [-0.4, -0.2) is 23.9 Å². The summed E-state index contributed by atoms with van der Waals surface area (Å²) in [4.78, 5) is 13.8. The molecule has 0 bridgehead atoms. The van der Waals surface area contributed by atoms with E-state index < -0.39 is 0 Å². The van der Waals surface area contributed by atoms with Gasteiger partial charge in [0, 0.05) is 18.1 Å². The molecule has 2 rings (SSSR count). The fourth-order valence-corrected chi connectivity index (χ4v) is 2.09. The topological polar surface area (TPSA) is 20.3 Å². The number of carbonyl (C=O) groups is 1. The van der Waals surface area contributed by atoms with Gasteiger partial charge >= 0.3 is 0 Å². The van der Waals surface area contributed by atoms with Gasteiger partial charge in [0.2, 0.25) is 5.91 Å². The third-order valence-electron chi connectivity index (χ3n) is 2.76. The van der Waals surface area contributed by atoms with Gasteiger partial charge in [-0.25, -0.2) is 0 Å². The third-order valence-corrected chi connectivity index (χ3v) is 3.13. The summed E-state index contributed by atoms with van der Waals surface area (Å²) in [7, 11) is 0. The van der Waals surface area contributed by atoms with Crippen molar-refractivity contribution < 1.29 is 4.79 Å².